The number of aryl methyl sites for hydroxylation is 2. The third-order valence-corrected chi connectivity index (χ3v) is 5.17. The predicted molar refractivity (Wildman–Crippen MR) is 119 cm³/mol. The average Bonchev–Trinajstić information content (AvgIpc) is 3.44. The van der Waals surface area contributed by atoms with Gasteiger partial charge in [-0.25, -0.2) is 9.78 Å². The summed E-state index contributed by atoms with van der Waals surface area (Å²) in [6.07, 6.45) is 4.26. The fourth-order valence-corrected chi connectivity index (χ4v) is 3.49. The standard InChI is InChI=1S/C22H23N5O5/c1-4-9-31-15-11-13(12-16-14(15)7-10-32-16)20(28)23-8-5-6-17-24-18-19(25-17)26(2)22(30)27(3)21(18)29/h4,7,10-12H,1,5-6,8-9H2,2-3H3,(H,23,28)(H,24,25). The first-order valence-electron chi connectivity index (χ1n) is 10.1. The first-order chi connectivity index (χ1) is 15.4. The highest BCUT2D eigenvalue weighted by molar-refractivity contribution is 5.99. The molecule has 0 atom stereocenters. The molecular formula is C22H23N5O5. The van der Waals surface area contributed by atoms with Gasteiger partial charge in [0.05, 0.1) is 11.6 Å². The number of furan rings is 1. The van der Waals surface area contributed by atoms with Crippen LogP contribution in [0.4, 0.5) is 0 Å². The van der Waals surface area contributed by atoms with Crippen LogP contribution in [-0.4, -0.2) is 38.2 Å². The molecule has 0 aliphatic rings. The highest BCUT2D eigenvalue weighted by atomic mass is 16.5. The summed E-state index contributed by atoms with van der Waals surface area (Å²) in [6.45, 7) is 4.35. The van der Waals surface area contributed by atoms with E-state index in [9.17, 15) is 14.4 Å². The van der Waals surface area contributed by atoms with Crippen LogP contribution < -0.4 is 21.3 Å². The molecule has 166 valence electrons. The van der Waals surface area contributed by atoms with Crippen LogP contribution in [0.15, 0.2) is 51.1 Å². The zero-order chi connectivity index (χ0) is 22.8. The fraction of sp³-hybridized carbons (Fsp3) is 0.273. The Labute approximate surface area is 182 Å². The van der Waals surface area contributed by atoms with Gasteiger partial charge in [-0.3, -0.25) is 18.7 Å². The summed E-state index contributed by atoms with van der Waals surface area (Å²) in [5.41, 5.74) is 0.735. The fourth-order valence-electron chi connectivity index (χ4n) is 3.49. The van der Waals surface area contributed by atoms with Crippen molar-refractivity contribution in [1.29, 1.82) is 0 Å². The van der Waals surface area contributed by atoms with Crippen molar-refractivity contribution < 1.29 is 13.9 Å². The number of carbonyl (C=O) groups excluding carboxylic acids is 1. The van der Waals surface area contributed by atoms with E-state index < -0.39 is 11.2 Å². The van der Waals surface area contributed by atoms with Gasteiger partial charge in [-0.2, -0.15) is 0 Å². The second kappa shape index (κ2) is 8.58. The van der Waals surface area contributed by atoms with Gasteiger partial charge in [0.25, 0.3) is 11.5 Å². The predicted octanol–water partition coefficient (Wildman–Crippen LogP) is 1.63. The van der Waals surface area contributed by atoms with E-state index in [1.165, 1.54) is 11.6 Å². The van der Waals surface area contributed by atoms with Crippen molar-refractivity contribution in [3.05, 3.63) is 69.3 Å². The van der Waals surface area contributed by atoms with Crippen molar-refractivity contribution in [2.75, 3.05) is 13.2 Å². The number of aromatic amines is 1. The van der Waals surface area contributed by atoms with Crippen LogP contribution in [0.3, 0.4) is 0 Å². The summed E-state index contributed by atoms with van der Waals surface area (Å²) in [6, 6.07) is 5.12. The lowest BCUT2D eigenvalue weighted by molar-refractivity contribution is 0.0952. The van der Waals surface area contributed by atoms with Gasteiger partial charge in [0, 0.05) is 32.6 Å². The number of nitrogens with zero attached hydrogens (tertiary/aromatic N) is 3. The number of hydrogen-bond acceptors (Lipinski definition) is 6. The van der Waals surface area contributed by atoms with Gasteiger partial charge in [0.2, 0.25) is 0 Å². The number of H-pyrrole nitrogens is 1. The molecule has 3 aromatic heterocycles. The Kier molecular flexibility index (Phi) is 5.67. The molecule has 0 saturated carbocycles. The van der Waals surface area contributed by atoms with Gasteiger partial charge in [-0.05, 0) is 24.6 Å². The molecule has 4 rings (SSSR count). The Balaban J connectivity index is 1.42. The molecule has 10 heteroatoms. The Morgan fingerprint density at radius 1 is 1.31 bits per heavy atom. The zero-order valence-corrected chi connectivity index (χ0v) is 17.8. The van der Waals surface area contributed by atoms with Crippen LogP contribution in [-0.2, 0) is 20.5 Å². The van der Waals surface area contributed by atoms with Crippen LogP contribution >= 0.6 is 0 Å². The quantitative estimate of drug-likeness (QED) is 0.319. The third-order valence-electron chi connectivity index (χ3n) is 5.17. The normalized spacial score (nSPS) is 11.2. The Bertz CT molecular complexity index is 1440. The van der Waals surface area contributed by atoms with Crippen molar-refractivity contribution in [2.24, 2.45) is 14.1 Å². The molecule has 0 bridgehead atoms. The maximum atomic E-state index is 12.6. The molecule has 2 N–H and O–H groups in total. The van der Waals surface area contributed by atoms with Crippen molar-refractivity contribution in [3.8, 4) is 5.75 Å². The second-order valence-electron chi connectivity index (χ2n) is 7.35. The minimum atomic E-state index is -0.433. The second-order valence-corrected chi connectivity index (χ2v) is 7.35. The summed E-state index contributed by atoms with van der Waals surface area (Å²) < 4.78 is 13.4. The van der Waals surface area contributed by atoms with Crippen molar-refractivity contribution in [1.82, 2.24) is 24.4 Å². The topological polar surface area (TPSA) is 124 Å². The third kappa shape index (κ3) is 3.82. The van der Waals surface area contributed by atoms with Crippen LogP contribution in [0.1, 0.15) is 22.6 Å². The molecule has 4 aromatic rings. The number of benzene rings is 1. The monoisotopic (exact) mass is 437 g/mol. The average molecular weight is 437 g/mol. The van der Waals surface area contributed by atoms with E-state index in [0.29, 0.717) is 54.4 Å². The highest BCUT2D eigenvalue weighted by Gasteiger charge is 2.15. The molecule has 0 aliphatic carbocycles. The van der Waals surface area contributed by atoms with Crippen LogP contribution in [0.2, 0.25) is 0 Å². The molecule has 0 saturated heterocycles. The molecule has 0 unspecified atom stereocenters. The lowest BCUT2D eigenvalue weighted by atomic mass is 10.1. The summed E-state index contributed by atoms with van der Waals surface area (Å²) in [7, 11) is 2.99. The molecule has 1 aromatic carbocycles. The van der Waals surface area contributed by atoms with E-state index in [-0.39, 0.29) is 11.4 Å². The Hall–Kier alpha value is -4.08. The van der Waals surface area contributed by atoms with E-state index in [1.807, 2.05) is 0 Å². The van der Waals surface area contributed by atoms with Crippen molar-refractivity contribution in [3.63, 3.8) is 0 Å². The van der Waals surface area contributed by atoms with Gasteiger partial charge in [-0.15, -0.1) is 0 Å². The first kappa shape index (κ1) is 21.2. The Morgan fingerprint density at radius 3 is 2.91 bits per heavy atom. The van der Waals surface area contributed by atoms with E-state index in [2.05, 4.69) is 21.9 Å². The number of rotatable bonds is 8. The largest absolute Gasteiger partial charge is 0.489 e. The number of amides is 1. The minimum Gasteiger partial charge on any atom is -0.489 e. The molecule has 0 radical (unpaired) electrons. The van der Waals surface area contributed by atoms with Gasteiger partial charge in [0.15, 0.2) is 5.65 Å². The molecule has 1 amide bonds. The number of hydrogen-bond donors (Lipinski definition) is 2. The van der Waals surface area contributed by atoms with Gasteiger partial charge < -0.3 is 19.5 Å². The molecule has 10 nitrogen and oxygen atoms in total. The van der Waals surface area contributed by atoms with Gasteiger partial charge in [0.1, 0.15) is 29.3 Å². The SMILES string of the molecule is C=CCOc1cc(C(=O)NCCCc2nc3c([nH]2)c(=O)n(C)c(=O)n3C)cc2occc12. The number of ether oxygens (including phenoxy) is 1. The van der Waals surface area contributed by atoms with E-state index in [0.717, 1.165) is 9.95 Å². The highest BCUT2D eigenvalue weighted by Crippen LogP contribution is 2.28. The summed E-state index contributed by atoms with van der Waals surface area (Å²) in [4.78, 5) is 44.3. The van der Waals surface area contributed by atoms with Crippen molar-refractivity contribution >= 4 is 28.0 Å². The molecule has 32 heavy (non-hydrogen) atoms. The van der Waals surface area contributed by atoms with Gasteiger partial charge in [-0.1, -0.05) is 12.7 Å². The first-order valence-corrected chi connectivity index (χ1v) is 10.1. The number of carbonyl (C=O) groups is 1. The van der Waals surface area contributed by atoms with Crippen LogP contribution in [0.25, 0.3) is 22.1 Å². The van der Waals surface area contributed by atoms with E-state index in [1.54, 1.807) is 37.6 Å². The lowest BCUT2D eigenvalue weighted by Crippen LogP contribution is -2.36. The summed E-state index contributed by atoms with van der Waals surface area (Å²) >= 11 is 0. The summed E-state index contributed by atoms with van der Waals surface area (Å²) in [5, 5.41) is 3.65. The number of aromatic nitrogens is 4. The molecule has 0 spiro atoms. The van der Waals surface area contributed by atoms with Crippen molar-refractivity contribution in [2.45, 2.75) is 12.8 Å². The Morgan fingerprint density at radius 2 is 2.12 bits per heavy atom. The summed E-state index contributed by atoms with van der Waals surface area (Å²) in [5.74, 6) is 0.869. The zero-order valence-electron chi connectivity index (χ0n) is 17.8. The maximum absolute atomic E-state index is 12.6. The minimum absolute atomic E-state index is 0.257. The van der Waals surface area contributed by atoms with E-state index >= 15 is 0 Å². The number of fused-ring (bicyclic) bond motifs is 2. The number of imidazole rings is 1. The molecule has 0 aliphatic heterocycles. The van der Waals surface area contributed by atoms with E-state index in [4.69, 9.17) is 9.15 Å². The van der Waals surface area contributed by atoms with Gasteiger partial charge >= 0.3 is 5.69 Å². The molecule has 0 fully saturated rings. The van der Waals surface area contributed by atoms with Crippen LogP contribution in [0, 0.1) is 0 Å². The lowest BCUT2D eigenvalue weighted by Gasteiger charge is -2.09. The van der Waals surface area contributed by atoms with Crippen LogP contribution in [0.5, 0.6) is 5.75 Å². The smallest absolute Gasteiger partial charge is 0.332 e. The number of nitrogens with one attached hydrogen (secondary N) is 2. The molecular weight excluding hydrogens is 414 g/mol. The molecule has 3 heterocycles. The maximum Gasteiger partial charge on any atom is 0.332 e.